The third-order valence-corrected chi connectivity index (χ3v) is 8.67. The predicted octanol–water partition coefficient (Wildman–Crippen LogP) is 4.26. The highest BCUT2D eigenvalue weighted by Crippen LogP contribution is 2.29. The molecule has 38 heavy (non-hydrogen) atoms. The summed E-state index contributed by atoms with van der Waals surface area (Å²) in [5.74, 6) is -0.276. The van der Waals surface area contributed by atoms with Crippen molar-refractivity contribution in [2.24, 2.45) is 0 Å². The predicted molar refractivity (Wildman–Crippen MR) is 146 cm³/mol. The number of hydrogen-bond acceptors (Lipinski definition) is 7. The third kappa shape index (κ3) is 5.19. The van der Waals surface area contributed by atoms with E-state index in [0.29, 0.717) is 35.1 Å². The molecule has 0 radical (unpaired) electrons. The number of fused-ring (bicyclic) bond motifs is 2. The van der Waals surface area contributed by atoms with Gasteiger partial charge in [0.15, 0.2) is 16.4 Å². The number of rotatable bonds is 7. The minimum Gasteiger partial charge on any atom is -0.497 e. The van der Waals surface area contributed by atoms with Crippen molar-refractivity contribution in [1.82, 2.24) is 9.88 Å². The quantitative estimate of drug-likeness (QED) is 0.328. The molecule has 1 saturated heterocycles. The number of carbonyl (C=O) groups excluding carboxylic acids is 2. The molecule has 0 aliphatic carbocycles. The Morgan fingerprint density at radius 1 is 1.03 bits per heavy atom. The van der Waals surface area contributed by atoms with Crippen molar-refractivity contribution in [2.75, 3.05) is 31.8 Å². The number of pyridine rings is 1. The van der Waals surface area contributed by atoms with Gasteiger partial charge in [0.2, 0.25) is 0 Å². The lowest BCUT2D eigenvalue weighted by atomic mass is 10.0. The Morgan fingerprint density at radius 2 is 1.79 bits per heavy atom. The molecule has 1 fully saturated rings. The van der Waals surface area contributed by atoms with E-state index in [1.165, 1.54) is 4.90 Å². The molecule has 4 aromatic rings. The minimum absolute atomic E-state index is 0.0581. The first kappa shape index (κ1) is 25.7. The summed E-state index contributed by atoms with van der Waals surface area (Å²) in [6.45, 7) is 1.66. The number of sulfone groups is 1. The van der Waals surface area contributed by atoms with Crippen LogP contribution in [-0.4, -0.2) is 68.0 Å². The molecule has 1 aliphatic rings. The molecule has 2 heterocycles. The number of nitrogens with zero attached hydrogens (tertiary/aromatic N) is 2. The molecule has 196 valence electrons. The molecule has 3 aromatic carbocycles. The Hall–Kier alpha value is -3.98. The Kier molecular flexibility index (Phi) is 7.03. The fourth-order valence-electron chi connectivity index (χ4n) is 4.95. The molecule has 5 rings (SSSR count). The van der Waals surface area contributed by atoms with Gasteiger partial charge in [-0.05, 0) is 54.4 Å². The molecule has 9 heteroatoms. The Morgan fingerprint density at radius 3 is 2.53 bits per heavy atom. The standard InChI is InChI=1S/C29H28N2O6S/c1-3-31(22-12-13-38(34,35)18-22)28(32)17-37-29(33)25-16-27(30-26-7-5-4-6-24(25)26)21-9-8-20-15-23(36-2)11-10-19(20)14-21/h4-11,14-16,22H,3,12-13,17-18H2,1-2H3/t22-/m1/s1. The van der Waals surface area contributed by atoms with E-state index in [9.17, 15) is 18.0 Å². The average molecular weight is 533 g/mol. The molecular weight excluding hydrogens is 504 g/mol. The molecule has 0 saturated carbocycles. The average Bonchev–Trinajstić information content (AvgIpc) is 3.29. The smallest absolute Gasteiger partial charge is 0.339 e. The molecule has 8 nitrogen and oxygen atoms in total. The van der Waals surface area contributed by atoms with Crippen LogP contribution in [0.1, 0.15) is 23.7 Å². The zero-order valence-corrected chi connectivity index (χ0v) is 22.0. The van der Waals surface area contributed by atoms with Crippen LogP contribution < -0.4 is 4.74 Å². The lowest BCUT2D eigenvalue weighted by molar-refractivity contribution is -0.136. The summed E-state index contributed by atoms with van der Waals surface area (Å²) in [6.07, 6.45) is 0.396. The van der Waals surface area contributed by atoms with E-state index in [1.807, 2.05) is 54.6 Å². The summed E-state index contributed by atoms with van der Waals surface area (Å²) in [6, 6.07) is 20.3. The Bertz CT molecular complexity index is 1650. The molecule has 0 unspecified atom stereocenters. The van der Waals surface area contributed by atoms with Gasteiger partial charge in [0, 0.05) is 23.5 Å². The number of likely N-dealkylation sites (N-methyl/N-ethyl adjacent to an activating group) is 1. The number of ether oxygens (including phenoxy) is 2. The van der Waals surface area contributed by atoms with Crippen LogP contribution in [-0.2, 0) is 19.4 Å². The number of carbonyl (C=O) groups is 2. The van der Waals surface area contributed by atoms with Crippen molar-refractivity contribution >= 4 is 43.4 Å². The van der Waals surface area contributed by atoms with Gasteiger partial charge in [-0.1, -0.05) is 36.4 Å². The van der Waals surface area contributed by atoms with Crippen LogP contribution in [0, 0.1) is 0 Å². The zero-order chi connectivity index (χ0) is 26.9. The number of amides is 1. The summed E-state index contributed by atoms with van der Waals surface area (Å²) < 4.78 is 34.5. The lowest BCUT2D eigenvalue weighted by Gasteiger charge is -2.26. The van der Waals surface area contributed by atoms with E-state index < -0.39 is 34.4 Å². The van der Waals surface area contributed by atoms with Crippen molar-refractivity contribution in [1.29, 1.82) is 0 Å². The highest BCUT2D eigenvalue weighted by molar-refractivity contribution is 7.91. The maximum absolute atomic E-state index is 13.2. The number of aromatic nitrogens is 1. The van der Waals surface area contributed by atoms with Gasteiger partial charge in [-0.25, -0.2) is 18.2 Å². The van der Waals surface area contributed by atoms with Gasteiger partial charge in [-0.15, -0.1) is 0 Å². The van der Waals surface area contributed by atoms with Crippen LogP contribution in [0.4, 0.5) is 0 Å². The van der Waals surface area contributed by atoms with Gasteiger partial charge in [-0.2, -0.15) is 0 Å². The van der Waals surface area contributed by atoms with Gasteiger partial charge in [0.25, 0.3) is 5.91 Å². The highest BCUT2D eigenvalue weighted by atomic mass is 32.2. The number of hydrogen-bond donors (Lipinski definition) is 0. The van der Waals surface area contributed by atoms with E-state index >= 15 is 0 Å². The van der Waals surface area contributed by atoms with E-state index in [2.05, 4.69) is 0 Å². The van der Waals surface area contributed by atoms with E-state index in [0.717, 1.165) is 22.1 Å². The van der Waals surface area contributed by atoms with Crippen LogP contribution in [0.5, 0.6) is 5.75 Å². The monoisotopic (exact) mass is 532 g/mol. The van der Waals surface area contributed by atoms with Gasteiger partial charge in [0.1, 0.15) is 5.75 Å². The van der Waals surface area contributed by atoms with Gasteiger partial charge in [-0.3, -0.25) is 4.79 Å². The second-order valence-corrected chi connectivity index (χ2v) is 11.5. The molecule has 1 aliphatic heterocycles. The number of para-hydroxylation sites is 1. The van der Waals surface area contributed by atoms with Crippen LogP contribution in [0.2, 0.25) is 0 Å². The van der Waals surface area contributed by atoms with Gasteiger partial charge < -0.3 is 14.4 Å². The Balaban J connectivity index is 1.41. The molecular formula is C29H28N2O6S. The van der Waals surface area contributed by atoms with Crippen molar-refractivity contribution in [3.05, 3.63) is 72.3 Å². The largest absolute Gasteiger partial charge is 0.497 e. The van der Waals surface area contributed by atoms with Gasteiger partial charge in [0.05, 0.1) is 35.4 Å². The maximum atomic E-state index is 13.2. The maximum Gasteiger partial charge on any atom is 0.339 e. The minimum atomic E-state index is -3.15. The first-order valence-corrected chi connectivity index (χ1v) is 14.2. The number of methoxy groups -OCH3 is 1. The second kappa shape index (κ2) is 10.4. The molecule has 1 amide bonds. The highest BCUT2D eigenvalue weighted by Gasteiger charge is 2.34. The van der Waals surface area contributed by atoms with Gasteiger partial charge >= 0.3 is 5.97 Å². The zero-order valence-electron chi connectivity index (χ0n) is 21.2. The van der Waals surface area contributed by atoms with E-state index in [1.54, 1.807) is 26.2 Å². The number of benzene rings is 3. The van der Waals surface area contributed by atoms with Crippen LogP contribution in [0.25, 0.3) is 32.9 Å². The fraction of sp³-hybridized carbons (Fsp3) is 0.276. The second-order valence-electron chi connectivity index (χ2n) is 9.31. The van der Waals surface area contributed by atoms with Crippen molar-refractivity contribution in [2.45, 2.75) is 19.4 Å². The summed E-state index contributed by atoms with van der Waals surface area (Å²) in [5, 5.41) is 2.64. The summed E-state index contributed by atoms with van der Waals surface area (Å²) in [7, 11) is -1.52. The molecule has 0 spiro atoms. The van der Waals surface area contributed by atoms with Crippen molar-refractivity contribution < 1.29 is 27.5 Å². The van der Waals surface area contributed by atoms with Crippen molar-refractivity contribution in [3.63, 3.8) is 0 Å². The SMILES string of the molecule is CCN(C(=O)COC(=O)c1cc(-c2ccc3cc(OC)ccc3c2)nc2ccccc12)[C@@H]1CCS(=O)(=O)C1. The van der Waals surface area contributed by atoms with Crippen LogP contribution in [0.15, 0.2) is 66.7 Å². The van der Waals surface area contributed by atoms with E-state index in [4.69, 9.17) is 14.5 Å². The fourth-order valence-corrected chi connectivity index (χ4v) is 6.68. The van der Waals surface area contributed by atoms with Crippen LogP contribution in [0.3, 0.4) is 0 Å². The molecule has 0 N–H and O–H groups in total. The Labute approximate surface area is 221 Å². The summed E-state index contributed by atoms with van der Waals surface area (Å²) in [5.41, 5.74) is 2.37. The summed E-state index contributed by atoms with van der Waals surface area (Å²) in [4.78, 5) is 32.3. The number of esters is 1. The molecule has 1 atom stereocenters. The first-order chi connectivity index (χ1) is 18.3. The van der Waals surface area contributed by atoms with Crippen LogP contribution >= 0.6 is 0 Å². The lowest BCUT2D eigenvalue weighted by Crippen LogP contribution is -2.43. The van der Waals surface area contributed by atoms with E-state index in [-0.39, 0.29) is 11.5 Å². The summed E-state index contributed by atoms with van der Waals surface area (Å²) >= 11 is 0. The van der Waals surface area contributed by atoms with Crippen molar-refractivity contribution in [3.8, 4) is 17.0 Å². The topological polar surface area (TPSA) is 103 Å². The first-order valence-electron chi connectivity index (χ1n) is 12.4. The molecule has 1 aromatic heterocycles. The third-order valence-electron chi connectivity index (χ3n) is 6.92. The normalized spacial score (nSPS) is 16.4. The molecule has 0 bridgehead atoms.